The number of hydrogen-bond acceptors (Lipinski definition) is 3. The van der Waals surface area contributed by atoms with Crippen molar-refractivity contribution in [2.75, 3.05) is 19.8 Å². The minimum Gasteiger partial charge on any atom is -0.394 e. The fraction of sp³-hybridized carbons (Fsp3) is 0.300. The van der Waals surface area contributed by atoms with E-state index in [1.165, 1.54) is 0 Å². The van der Waals surface area contributed by atoms with Gasteiger partial charge in [0.15, 0.2) is 0 Å². The number of rotatable bonds is 6. The lowest BCUT2D eigenvalue weighted by Gasteiger charge is -2.01. The summed E-state index contributed by atoms with van der Waals surface area (Å²) in [5.41, 5.74) is 0.966. The molecule has 13 heavy (non-hydrogen) atoms. The number of allylic oxidation sites excluding steroid dienone is 2. The van der Waals surface area contributed by atoms with Crippen LogP contribution in [0.15, 0.2) is 37.0 Å². The SMILES string of the molecule is C=C/C=C(\C=C)COCCO.C=O. The first-order valence-corrected chi connectivity index (χ1v) is 3.76. The summed E-state index contributed by atoms with van der Waals surface area (Å²) in [5.74, 6) is 0. The Labute approximate surface area is 79.0 Å². The summed E-state index contributed by atoms with van der Waals surface area (Å²) in [6, 6.07) is 0. The zero-order valence-electron chi connectivity index (χ0n) is 7.74. The lowest BCUT2D eigenvalue weighted by atomic mass is 10.2. The van der Waals surface area contributed by atoms with Crippen molar-refractivity contribution < 1.29 is 14.6 Å². The maximum atomic E-state index is 8.39. The zero-order chi connectivity index (χ0) is 10.5. The third kappa shape index (κ3) is 10.8. The minimum atomic E-state index is 0.0541. The second kappa shape index (κ2) is 13.4. The molecule has 0 unspecified atom stereocenters. The topological polar surface area (TPSA) is 46.5 Å². The molecule has 0 aliphatic rings. The smallest absolute Gasteiger partial charge is 0.106 e. The Balaban J connectivity index is 0. The molecule has 0 aliphatic carbocycles. The van der Waals surface area contributed by atoms with Crippen molar-refractivity contribution in [1.82, 2.24) is 0 Å². The van der Waals surface area contributed by atoms with E-state index in [9.17, 15) is 0 Å². The van der Waals surface area contributed by atoms with Crippen LogP contribution in [0.1, 0.15) is 0 Å². The first-order chi connectivity index (χ1) is 6.35. The molecule has 0 aromatic rings. The van der Waals surface area contributed by atoms with E-state index in [2.05, 4.69) is 13.2 Å². The fourth-order valence-corrected chi connectivity index (χ4v) is 0.581. The number of carbonyl (C=O) groups is 1. The highest BCUT2D eigenvalue weighted by molar-refractivity contribution is 5.21. The number of carbonyl (C=O) groups excluding carboxylic acids is 1. The lowest BCUT2D eigenvalue weighted by molar-refractivity contribution is -0.0979. The Morgan fingerprint density at radius 2 is 2.00 bits per heavy atom. The molecule has 1 N–H and O–H groups in total. The van der Waals surface area contributed by atoms with Gasteiger partial charge in [-0.2, -0.15) is 0 Å². The maximum Gasteiger partial charge on any atom is 0.106 e. The van der Waals surface area contributed by atoms with E-state index >= 15 is 0 Å². The summed E-state index contributed by atoms with van der Waals surface area (Å²) in [5, 5.41) is 8.39. The molecule has 0 saturated heterocycles. The van der Waals surface area contributed by atoms with Crippen LogP contribution in [0.2, 0.25) is 0 Å². The largest absolute Gasteiger partial charge is 0.394 e. The van der Waals surface area contributed by atoms with Crippen LogP contribution < -0.4 is 0 Å². The molecule has 74 valence electrons. The molecule has 0 radical (unpaired) electrons. The molecule has 0 bridgehead atoms. The van der Waals surface area contributed by atoms with E-state index in [1.54, 1.807) is 12.2 Å². The normalized spacial score (nSPS) is 9.77. The summed E-state index contributed by atoms with van der Waals surface area (Å²) in [6.07, 6.45) is 5.21. The zero-order valence-corrected chi connectivity index (χ0v) is 7.74. The van der Waals surface area contributed by atoms with Crippen molar-refractivity contribution in [2.24, 2.45) is 0 Å². The van der Waals surface area contributed by atoms with Crippen LogP contribution in [-0.2, 0) is 9.53 Å². The molecule has 0 aromatic heterocycles. The predicted octanol–water partition coefficient (Wildman–Crippen LogP) is 1.11. The minimum absolute atomic E-state index is 0.0541. The van der Waals surface area contributed by atoms with E-state index in [0.29, 0.717) is 13.2 Å². The number of ether oxygens (including phenoxy) is 1. The second-order valence-electron chi connectivity index (χ2n) is 1.96. The van der Waals surface area contributed by atoms with Gasteiger partial charge in [-0.15, -0.1) is 0 Å². The molecular formula is C10H16O3. The van der Waals surface area contributed by atoms with Gasteiger partial charge in [0.25, 0.3) is 0 Å². The van der Waals surface area contributed by atoms with Crippen molar-refractivity contribution in [3.8, 4) is 0 Å². The van der Waals surface area contributed by atoms with Gasteiger partial charge in [0.05, 0.1) is 19.8 Å². The predicted molar refractivity (Wildman–Crippen MR) is 53.5 cm³/mol. The van der Waals surface area contributed by atoms with Crippen LogP contribution in [0.25, 0.3) is 0 Å². The first kappa shape index (κ1) is 14.3. The molecule has 3 nitrogen and oxygen atoms in total. The average molecular weight is 184 g/mol. The van der Waals surface area contributed by atoms with Gasteiger partial charge in [-0.1, -0.05) is 31.4 Å². The van der Waals surface area contributed by atoms with Crippen molar-refractivity contribution in [2.45, 2.75) is 0 Å². The Bertz CT molecular complexity index is 162. The van der Waals surface area contributed by atoms with Crippen molar-refractivity contribution >= 4 is 6.79 Å². The molecule has 0 fully saturated rings. The Morgan fingerprint density at radius 3 is 2.38 bits per heavy atom. The lowest BCUT2D eigenvalue weighted by Crippen LogP contribution is -2.01. The van der Waals surface area contributed by atoms with Gasteiger partial charge in [-0.3, -0.25) is 0 Å². The van der Waals surface area contributed by atoms with E-state index in [0.717, 1.165) is 5.57 Å². The third-order valence-electron chi connectivity index (χ3n) is 1.10. The van der Waals surface area contributed by atoms with Crippen molar-refractivity contribution in [3.05, 3.63) is 37.0 Å². The molecule has 0 rings (SSSR count). The van der Waals surface area contributed by atoms with Crippen LogP contribution in [0.3, 0.4) is 0 Å². The van der Waals surface area contributed by atoms with Gasteiger partial charge < -0.3 is 14.6 Å². The van der Waals surface area contributed by atoms with Gasteiger partial charge >= 0.3 is 0 Å². The van der Waals surface area contributed by atoms with Crippen LogP contribution in [0.5, 0.6) is 0 Å². The fourth-order valence-electron chi connectivity index (χ4n) is 0.581. The highest BCUT2D eigenvalue weighted by atomic mass is 16.5. The van der Waals surface area contributed by atoms with E-state index in [1.807, 2.05) is 12.9 Å². The van der Waals surface area contributed by atoms with Gasteiger partial charge in [-0.25, -0.2) is 0 Å². The summed E-state index contributed by atoms with van der Waals surface area (Å²) < 4.78 is 5.05. The summed E-state index contributed by atoms with van der Waals surface area (Å²) in [6.45, 7) is 10.0. The molecule has 0 aliphatic heterocycles. The molecule has 0 atom stereocenters. The summed E-state index contributed by atoms with van der Waals surface area (Å²) >= 11 is 0. The molecule has 0 spiro atoms. The standard InChI is InChI=1S/C9H14O2.CH2O/c1-3-5-9(4-2)8-11-7-6-10;1-2/h3-5,10H,1-2,6-8H2;1H2/b9-5+;. The second-order valence-corrected chi connectivity index (χ2v) is 1.96. The molecule has 3 heteroatoms. The Hall–Kier alpha value is -1.19. The molecule has 0 saturated carbocycles. The van der Waals surface area contributed by atoms with Gasteiger partial charge in [0.1, 0.15) is 6.79 Å². The van der Waals surface area contributed by atoms with Gasteiger partial charge in [0, 0.05) is 0 Å². The summed E-state index contributed by atoms with van der Waals surface area (Å²) in [4.78, 5) is 8.00. The van der Waals surface area contributed by atoms with Crippen molar-refractivity contribution in [3.63, 3.8) is 0 Å². The average Bonchev–Trinajstić information content (AvgIpc) is 2.20. The van der Waals surface area contributed by atoms with Crippen LogP contribution >= 0.6 is 0 Å². The highest BCUT2D eigenvalue weighted by Gasteiger charge is 1.89. The number of aliphatic hydroxyl groups excluding tert-OH is 1. The van der Waals surface area contributed by atoms with E-state index in [-0.39, 0.29) is 6.61 Å². The Kier molecular flexibility index (Phi) is 14.8. The highest BCUT2D eigenvalue weighted by Crippen LogP contribution is 1.96. The number of hydrogen-bond donors (Lipinski definition) is 1. The van der Waals surface area contributed by atoms with Gasteiger partial charge in [0.2, 0.25) is 0 Å². The van der Waals surface area contributed by atoms with Crippen LogP contribution in [0, 0.1) is 0 Å². The van der Waals surface area contributed by atoms with Crippen LogP contribution in [-0.4, -0.2) is 31.7 Å². The molecule has 0 amide bonds. The van der Waals surface area contributed by atoms with E-state index in [4.69, 9.17) is 14.6 Å². The van der Waals surface area contributed by atoms with Gasteiger partial charge in [-0.05, 0) is 5.57 Å². The monoisotopic (exact) mass is 184 g/mol. The summed E-state index contributed by atoms with van der Waals surface area (Å²) in [7, 11) is 0. The number of aliphatic hydroxyl groups is 1. The quantitative estimate of drug-likeness (QED) is 0.497. The van der Waals surface area contributed by atoms with E-state index < -0.39 is 0 Å². The molecular weight excluding hydrogens is 168 g/mol. The maximum absolute atomic E-state index is 8.39. The first-order valence-electron chi connectivity index (χ1n) is 3.76. The molecule has 0 aromatic carbocycles. The van der Waals surface area contributed by atoms with Crippen LogP contribution in [0.4, 0.5) is 0 Å². The third-order valence-corrected chi connectivity index (χ3v) is 1.10. The Morgan fingerprint density at radius 1 is 1.38 bits per heavy atom. The molecule has 0 heterocycles. The van der Waals surface area contributed by atoms with Crippen molar-refractivity contribution in [1.29, 1.82) is 0 Å².